The number of thioether (sulfide) groups is 1. The van der Waals surface area contributed by atoms with E-state index in [-0.39, 0.29) is 17.3 Å². The van der Waals surface area contributed by atoms with E-state index in [4.69, 9.17) is 4.74 Å². The largest absolute Gasteiger partial charge is 0.465 e. The van der Waals surface area contributed by atoms with Gasteiger partial charge in [-0.25, -0.2) is 9.78 Å². The predicted molar refractivity (Wildman–Crippen MR) is 93.5 cm³/mol. The van der Waals surface area contributed by atoms with Crippen molar-refractivity contribution in [3.63, 3.8) is 0 Å². The Bertz CT molecular complexity index is 922. The molecule has 0 fully saturated rings. The van der Waals surface area contributed by atoms with E-state index in [9.17, 15) is 9.59 Å². The van der Waals surface area contributed by atoms with Crippen molar-refractivity contribution in [2.75, 3.05) is 12.4 Å². The molecular weight excluding hydrogens is 324 g/mol. The number of esters is 1. The van der Waals surface area contributed by atoms with Gasteiger partial charge in [0, 0.05) is 0 Å². The third kappa shape index (κ3) is 3.33. The molecule has 0 spiro atoms. The van der Waals surface area contributed by atoms with Crippen LogP contribution in [0.15, 0.2) is 64.5 Å². The van der Waals surface area contributed by atoms with Crippen LogP contribution in [0.1, 0.15) is 6.92 Å². The van der Waals surface area contributed by atoms with Crippen molar-refractivity contribution in [3.8, 4) is 5.69 Å². The lowest BCUT2D eigenvalue weighted by Crippen LogP contribution is -2.29. The smallest absolute Gasteiger partial charge is 0.351 e. The zero-order valence-corrected chi connectivity index (χ0v) is 14.0. The third-order valence-corrected chi connectivity index (χ3v) is 4.39. The van der Waals surface area contributed by atoms with E-state index < -0.39 is 0 Å². The quantitative estimate of drug-likeness (QED) is 0.406. The number of rotatable bonds is 5. The van der Waals surface area contributed by atoms with Crippen LogP contribution in [0.5, 0.6) is 0 Å². The number of hydrogen-bond donors (Lipinski definition) is 0. The molecule has 122 valence electrons. The van der Waals surface area contributed by atoms with E-state index >= 15 is 0 Å². The molecule has 0 atom stereocenters. The molecule has 5 nitrogen and oxygen atoms in total. The number of benzene rings is 2. The van der Waals surface area contributed by atoms with Gasteiger partial charge in [0.2, 0.25) is 0 Å². The predicted octanol–water partition coefficient (Wildman–Crippen LogP) is 2.46. The average Bonchev–Trinajstić information content (AvgIpc) is 2.61. The summed E-state index contributed by atoms with van der Waals surface area (Å²) < 4.78 is 6.56. The van der Waals surface area contributed by atoms with Crippen molar-refractivity contribution in [1.82, 2.24) is 4.57 Å². The zero-order valence-electron chi connectivity index (χ0n) is 13.2. The summed E-state index contributed by atoms with van der Waals surface area (Å²) in [4.78, 5) is 27.9. The SMILES string of the molecule is CCOC(=O)CSc1[nH+]c2ccccc2c(=O)n1-c1ccccc1. The number of aromatic amines is 1. The molecule has 2 aromatic carbocycles. The van der Waals surface area contributed by atoms with Crippen LogP contribution in [0.25, 0.3) is 16.6 Å². The highest BCUT2D eigenvalue weighted by molar-refractivity contribution is 7.99. The van der Waals surface area contributed by atoms with Gasteiger partial charge in [-0.15, -0.1) is 0 Å². The Hall–Kier alpha value is -2.60. The highest BCUT2D eigenvalue weighted by Gasteiger charge is 2.21. The summed E-state index contributed by atoms with van der Waals surface area (Å²) in [5.41, 5.74) is 1.36. The van der Waals surface area contributed by atoms with Crippen molar-refractivity contribution >= 4 is 28.6 Å². The van der Waals surface area contributed by atoms with Crippen LogP contribution in [0, 0.1) is 0 Å². The molecule has 6 heteroatoms. The minimum absolute atomic E-state index is 0.123. The second kappa shape index (κ2) is 7.31. The van der Waals surface area contributed by atoms with Crippen molar-refractivity contribution in [1.29, 1.82) is 0 Å². The lowest BCUT2D eigenvalue weighted by molar-refractivity contribution is -0.405. The number of carbonyl (C=O) groups excluding carboxylic acids is 1. The van der Waals surface area contributed by atoms with Gasteiger partial charge >= 0.3 is 16.7 Å². The van der Waals surface area contributed by atoms with Gasteiger partial charge in [0.15, 0.2) is 0 Å². The van der Waals surface area contributed by atoms with Gasteiger partial charge in [-0.3, -0.25) is 4.79 Å². The topological polar surface area (TPSA) is 62.4 Å². The Kier molecular flexibility index (Phi) is 4.96. The fourth-order valence-electron chi connectivity index (χ4n) is 2.40. The summed E-state index contributed by atoms with van der Waals surface area (Å²) in [6.45, 7) is 2.11. The van der Waals surface area contributed by atoms with Crippen LogP contribution >= 0.6 is 11.8 Å². The molecular formula is C18H17N2O3S+. The van der Waals surface area contributed by atoms with E-state index in [2.05, 4.69) is 4.98 Å². The Morgan fingerprint density at radius 1 is 1.12 bits per heavy atom. The van der Waals surface area contributed by atoms with Gasteiger partial charge in [0.25, 0.3) is 0 Å². The fraction of sp³-hybridized carbons (Fsp3) is 0.167. The third-order valence-electron chi connectivity index (χ3n) is 3.45. The molecule has 3 rings (SSSR count). The molecule has 0 bridgehead atoms. The summed E-state index contributed by atoms with van der Waals surface area (Å²) in [7, 11) is 0. The Balaban J connectivity index is 2.11. The minimum atomic E-state index is -0.309. The van der Waals surface area contributed by atoms with Crippen molar-refractivity contribution in [3.05, 3.63) is 65.0 Å². The number of hydrogen-bond acceptors (Lipinski definition) is 4. The number of nitrogens with one attached hydrogen (secondary N) is 1. The van der Waals surface area contributed by atoms with Crippen molar-refractivity contribution in [2.45, 2.75) is 12.1 Å². The Morgan fingerprint density at radius 3 is 2.58 bits per heavy atom. The molecule has 1 N–H and O–H groups in total. The molecule has 1 aromatic heterocycles. The van der Waals surface area contributed by atoms with Crippen LogP contribution in [-0.2, 0) is 9.53 Å². The molecule has 0 unspecified atom stereocenters. The second-order valence-corrected chi connectivity index (χ2v) is 6.01. The first-order valence-electron chi connectivity index (χ1n) is 7.61. The van der Waals surface area contributed by atoms with E-state index in [0.29, 0.717) is 17.1 Å². The van der Waals surface area contributed by atoms with E-state index in [1.807, 2.05) is 48.5 Å². The lowest BCUT2D eigenvalue weighted by Gasteiger charge is -2.06. The summed E-state index contributed by atoms with van der Waals surface area (Å²) in [6, 6.07) is 16.7. The molecule has 3 aromatic rings. The van der Waals surface area contributed by atoms with Crippen molar-refractivity contribution in [2.24, 2.45) is 0 Å². The number of nitrogens with zero attached hydrogens (tertiary/aromatic N) is 1. The zero-order chi connectivity index (χ0) is 16.9. The maximum Gasteiger partial charge on any atom is 0.351 e. The standard InChI is InChI=1S/C18H16N2O3S/c1-2-23-16(21)12-24-18-19-15-11-7-6-10-14(15)17(22)20(18)13-8-4-3-5-9-13/h3-11H,2,12H2,1H3/p+1. The van der Waals surface area contributed by atoms with Gasteiger partial charge in [-0.2, -0.15) is 4.57 Å². The van der Waals surface area contributed by atoms with E-state index in [0.717, 1.165) is 11.2 Å². The number of aromatic nitrogens is 2. The van der Waals surface area contributed by atoms with Gasteiger partial charge in [0.1, 0.15) is 22.3 Å². The first-order chi connectivity index (χ1) is 11.7. The summed E-state index contributed by atoms with van der Waals surface area (Å²) in [6.07, 6.45) is 0. The molecule has 0 amide bonds. The minimum Gasteiger partial charge on any atom is -0.465 e. The highest BCUT2D eigenvalue weighted by atomic mass is 32.2. The van der Waals surface area contributed by atoms with Gasteiger partial charge in [0.05, 0.1) is 6.61 Å². The normalized spacial score (nSPS) is 10.7. The molecule has 0 saturated heterocycles. The average molecular weight is 341 g/mol. The molecule has 0 aliphatic heterocycles. The Morgan fingerprint density at radius 2 is 1.83 bits per heavy atom. The maximum absolute atomic E-state index is 12.9. The number of ether oxygens (including phenoxy) is 1. The second-order valence-electron chi connectivity index (χ2n) is 5.05. The molecule has 0 aliphatic rings. The fourth-order valence-corrected chi connectivity index (χ4v) is 3.24. The van der Waals surface area contributed by atoms with Crippen LogP contribution in [-0.4, -0.2) is 22.9 Å². The number of H-pyrrole nitrogens is 1. The summed E-state index contributed by atoms with van der Waals surface area (Å²) in [5.74, 6) is -0.175. The molecule has 1 heterocycles. The molecule has 0 radical (unpaired) electrons. The van der Waals surface area contributed by atoms with Gasteiger partial charge in [-0.05, 0) is 43.0 Å². The maximum atomic E-state index is 12.9. The van der Waals surface area contributed by atoms with Crippen LogP contribution in [0.3, 0.4) is 0 Å². The highest BCUT2D eigenvalue weighted by Crippen LogP contribution is 2.18. The lowest BCUT2D eigenvalue weighted by atomic mass is 10.2. The molecule has 24 heavy (non-hydrogen) atoms. The van der Waals surface area contributed by atoms with E-state index in [1.54, 1.807) is 17.6 Å². The van der Waals surface area contributed by atoms with Gasteiger partial charge in [-0.1, -0.05) is 30.3 Å². The summed E-state index contributed by atoms with van der Waals surface area (Å²) in [5, 5.41) is 1.19. The monoisotopic (exact) mass is 341 g/mol. The first kappa shape index (κ1) is 16.3. The van der Waals surface area contributed by atoms with E-state index in [1.165, 1.54) is 11.8 Å². The van der Waals surface area contributed by atoms with Gasteiger partial charge < -0.3 is 4.74 Å². The number of carbonyl (C=O) groups is 1. The van der Waals surface area contributed by atoms with Crippen molar-refractivity contribution < 1.29 is 14.5 Å². The molecule has 0 aliphatic carbocycles. The first-order valence-corrected chi connectivity index (χ1v) is 8.60. The van der Waals surface area contributed by atoms with Crippen LogP contribution in [0.4, 0.5) is 0 Å². The number of fused-ring (bicyclic) bond motifs is 1. The number of para-hydroxylation sites is 2. The van der Waals surface area contributed by atoms with Crippen LogP contribution < -0.4 is 10.5 Å². The Labute approximate surface area is 143 Å². The van der Waals surface area contributed by atoms with Crippen LogP contribution in [0.2, 0.25) is 0 Å². The summed E-state index contributed by atoms with van der Waals surface area (Å²) >= 11 is 1.25. The molecule has 0 saturated carbocycles.